The lowest BCUT2D eigenvalue weighted by Crippen LogP contribution is -2.36. The number of esters is 1. The van der Waals surface area contributed by atoms with E-state index < -0.39 is 10.0 Å². The van der Waals surface area contributed by atoms with Gasteiger partial charge in [0.05, 0.1) is 18.8 Å². The average molecular weight is 263 g/mol. The molecule has 0 aliphatic carbocycles. The predicted octanol–water partition coefficient (Wildman–Crippen LogP) is 0.857. The molecular weight excluding hydrogens is 242 g/mol. The van der Waals surface area contributed by atoms with Crippen molar-refractivity contribution >= 4 is 16.0 Å². The van der Waals surface area contributed by atoms with Crippen LogP contribution in [0.3, 0.4) is 0 Å². The van der Waals surface area contributed by atoms with Gasteiger partial charge in [0.2, 0.25) is 10.0 Å². The Morgan fingerprint density at radius 1 is 1.41 bits per heavy atom. The summed E-state index contributed by atoms with van der Waals surface area (Å²) < 4.78 is 30.2. The summed E-state index contributed by atoms with van der Waals surface area (Å²) in [5.41, 5.74) is -0.276. The van der Waals surface area contributed by atoms with Crippen LogP contribution in [0.25, 0.3) is 0 Å². The van der Waals surface area contributed by atoms with Gasteiger partial charge in [-0.15, -0.1) is 0 Å². The summed E-state index contributed by atoms with van der Waals surface area (Å²) in [6, 6.07) is 0. The Kier molecular flexibility index (Phi) is 4.19. The van der Waals surface area contributed by atoms with Crippen molar-refractivity contribution in [3.05, 3.63) is 0 Å². The van der Waals surface area contributed by atoms with Gasteiger partial charge < -0.3 is 4.74 Å². The molecule has 0 N–H and O–H groups in total. The normalized spacial score (nSPS) is 22.7. The average Bonchev–Trinajstić information content (AvgIpc) is 2.62. The SMILES string of the molecule is COC(=O)C1CCN(S(=O)(=O)CC(C)(C)C)C1. The number of nitrogens with zero attached hydrogens (tertiary/aromatic N) is 1. The maximum Gasteiger partial charge on any atom is 0.310 e. The molecule has 5 nitrogen and oxygen atoms in total. The van der Waals surface area contributed by atoms with Crippen LogP contribution in [0, 0.1) is 11.3 Å². The van der Waals surface area contributed by atoms with E-state index >= 15 is 0 Å². The first kappa shape index (κ1) is 14.4. The Bertz CT molecular complexity index is 383. The van der Waals surface area contributed by atoms with Crippen LogP contribution in [-0.2, 0) is 19.6 Å². The first-order chi connectivity index (χ1) is 7.65. The number of carbonyl (C=O) groups excluding carboxylic acids is 1. The minimum Gasteiger partial charge on any atom is -0.469 e. The fraction of sp³-hybridized carbons (Fsp3) is 0.909. The zero-order chi connectivity index (χ0) is 13.3. The second-order valence-electron chi connectivity index (χ2n) is 5.68. The van der Waals surface area contributed by atoms with Crippen molar-refractivity contribution in [2.75, 3.05) is 26.0 Å². The second-order valence-corrected chi connectivity index (χ2v) is 7.65. The zero-order valence-corrected chi connectivity index (χ0v) is 11.7. The minimum absolute atomic E-state index is 0.105. The first-order valence-corrected chi connectivity index (χ1v) is 7.32. The Morgan fingerprint density at radius 2 is 2.00 bits per heavy atom. The van der Waals surface area contributed by atoms with Crippen LogP contribution in [0.1, 0.15) is 27.2 Å². The van der Waals surface area contributed by atoms with Crippen LogP contribution >= 0.6 is 0 Å². The van der Waals surface area contributed by atoms with Crippen LogP contribution < -0.4 is 0 Å². The van der Waals surface area contributed by atoms with Crippen molar-refractivity contribution in [2.45, 2.75) is 27.2 Å². The van der Waals surface area contributed by atoms with Gasteiger partial charge in [0.1, 0.15) is 0 Å². The standard InChI is InChI=1S/C11H21NO4S/c1-11(2,3)8-17(14,15)12-6-5-9(7-12)10(13)16-4/h9H,5-8H2,1-4H3. The quantitative estimate of drug-likeness (QED) is 0.708. The van der Waals surface area contributed by atoms with Gasteiger partial charge >= 0.3 is 5.97 Å². The number of ether oxygens (including phenoxy) is 1. The van der Waals surface area contributed by atoms with Crippen LogP contribution in [-0.4, -0.2) is 44.6 Å². The molecule has 1 atom stereocenters. The van der Waals surface area contributed by atoms with Crippen molar-refractivity contribution < 1.29 is 17.9 Å². The molecule has 6 heteroatoms. The highest BCUT2D eigenvalue weighted by Crippen LogP contribution is 2.25. The number of hydrogen-bond acceptors (Lipinski definition) is 4. The Morgan fingerprint density at radius 3 is 2.47 bits per heavy atom. The molecule has 100 valence electrons. The van der Waals surface area contributed by atoms with Gasteiger partial charge in [-0.05, 0) is 11.8 Å². The van der Waals surface area contributed by atoms with E-state index in [0.29, 0.717) is 13.0 Å². The molecule has 1 aliphatic rings. The summed E-state index contributed by atoms with van der Waals surface area (Å²) in [5, 5.41) is 0. The molecule has 1 rings (SSSR count). The van der Waals surface area contributed by atoms with Crippen LogP contribution in [0.5, 0.6) is 0 Å². The van der Waals surface area contributed by atoms with Crippen molar-refractivity contribution in [3.63, 3.8) is 0 Å². The molecule has 1 saturated heterocycles. The fourth-order valence-corrected chi connectivity index (χ4v) is 4.05. The van der Waals surface area contributed by atoms with Gasteiger partial charge in [0, 0.05) is 13.1 Å². The van der Waals surface area contributed by atoms with Gasteiger partial charge in [0.15, 0.2) is 0 Å². The van der Waals surface area contributed by atoms with E-state index in [2.05, 4.69) is 4.74 Å². The summed E-state index contributed by atoms with van der Waals surface area (Å²) in [7, 11) is -1.94. The summed E-state index contributed by atoms with van der Waals surface area (Å²) in [6.45, 7) is 6.33. The van der Waals surface area contributed by atoms with Gasteiger partial charge in [-0.1, -0.05) is 20.8 Å². The Labute approximate surface area is 103 Å². The van der Waals surface area contributed by atoms with Crippen LogP contribution in [0.2, 0.25) is 0 Å². The third-order valence-electron chi connectivity index (χ3n) is 2.69. The third-order valence-corrected chi connectivity index (χ3v) is 5.04. The van der Waals surface area contributed by atoms with E-state index in [0.717, 1.165) is 0 Å². The van der Waals surface area contributed by atoms with Gasteiger partial charge in [-0.25, -0.2) is 12.7 Å². The topological polar surface area (TPSA) is 63.7 Å². The maximum atomic E-state index is 12.1. The van der Waals surface area contributed by atoms with E-state index in [4.69, 9.17) is 0 Å². The van der Waals surface area contributed by atoms with Crippen LogP contribution in [0.4, 0.5) is 0 Å². The summed E-state index contributed by atoms with van der Waals surface area (Å²) in [6.07, 6.45) is 0.552. The van der Waals surface area contributed by atoms with Crippen molar-refractivity contribution in [2.24, 2.45) is 11.3 Å². The molecule has 0 spiro atoms. The highest BCUT2D eigenvalue weighted by molar-refractivity contribution is 7.89. The largest absolute Gasteiger partial charge is 0.469 e. The second kappa shape index (κ2) is 4.94. The molecule has 0 aromatic carbocycles. The van der Waals surface area contributed by atoms with Gasteiger partial charge in [0.25, 0.3) is 0 Å². The molecular formula is C11H21NO4S. The van der Waals surface area contributed by atoms with Crippen molar-refractivity contribution in [1.82, 2.24) is 4.31 Å². The Hall–Kier alpha value is -0.620. The maximum absolute atomic E-state index is 12.1. The van der Waals surface area contributed by atoms with E-state index in [1.165, 1.54) is 11.4 Å². The summed E-state index contributed by atoms with van der Waals surface area (Å²) in [5.74, 6) is -0.526. The lowest BCUT2D eigenvalue weighted by atomic mass is 10.0. The highest BCUT2D eigenvalue weighted by Gasteiger charge is 2.37. The summed E-state index contributed by atoms with van der Waals surface area (Å²) >= 11 is 0. The lowest BCUT2D eigenvalue weighted by molar-refractivity contribution is -0.144. The minimum atomic E-state index is -3.27. The fourth-order valence-electron chi connectivity index (χ4n) is 1.98. The number of rotatable bonds is 3. The molecule has 0 amide bonds. The third kappa shape index (κ3) is 3.96. The van der Waals surface area contributed by atoms with E-state index in [1.54, 1.807) is 0 Å². The lowest BCUT2D eigenvalue weighted by Gasteiger charge is -2.23. The first-order valence-electron chi connectivity index (χ1n) is 5.71. The molecule has 0 aromatic rings. The van der Waals surface area contributed by atoms with Gasteiger partial charge in [-0.3, -0.25) is 4.79 Å². The predicted molar refractivity (Wildman–Crippen MR) is 64.9 cm³/mol. The molecule has 17 heavy (non-hydrogen) atoms. The molecule has 1 unspecified atom stereocenters. The number of methoxy groups -OCH3 is 1. The highest BCUT2D eigenvalue weighted by atomic mass is 32.2. The molecule has 0 aromatic heterocycles. The molecule has 1 heterocycles. The smallest absolute Gasteiger partial charge is 0.310 e. The summed E-state index contributed by atoms with van der Waals surface area (Å²) in [4.78, 5) is 11.3. The number of sulfonamides is 1. The molecule has 1 fully saturated rings. The van der Waals surface area contributed by atoms with E-state index in [9.17, 15) is 13.2 Å². The molecule has 0 radical (unpaired) electrons. The monoisotopic (exact) mass is 263 g/mol. The van der Waals surface area contributed by atoms with Crippen molar-refractivity contribution in [3.8, 4) is 0 Å². The van der Waals surface area contributed by atoms with Crippen LogP contribution in [0.15, 0.2) is 0 Å². The number of carbonyl (C=O) groups is 1. The van der Waals surface area contributed by atoms with Gasteiger partial charge in [-0.2, -0.15) is 0 Å². The molecule has 0 saturated carbocycles. The van der Waals surface area contributed by atoms with E-state index in [-0.39, 0.29) is 29.6 Å². The molecule has 1 aliphatic heterocycles. The molecule has 0 bridgehead atoms. The van der Waals surface area contributed by atoms with E-state index in [1.807, 2.05) is 20.8 Å². The van der Waals surface area contributed by atoms with Crippen molar-refractivity contribution in [1.29, 1.82) is 0 Å². The zero-order valence-electron chi connectivity index (χ0n) is 10.9. The Balaban J connectivity index is 2.68. The number of hydrogen-bond donors (Lipinski definition) is 0.